The first kappa shape index (κ1) is 20.0. The van der Waals surface area contributed by atoms with Crippen LogP contribution < -0.4 is 10.2 Å². The highest BCUT2D eigenvalue weighted by molar-refractivity contribution is 5.89. The zero-order valence-corrected chi connectivity index (χ0v) is 16.8. The maximum atomic E-state index is 12.5. The number of pyridine rings is 1. The minimum Gasteiger partial charge on any atom is -0.504 e. The molecule has 0 aliphatic carbocycles. The Bertz CT molecular complexity index is 945. The number of aromatic hydroxyl groups is 1. The van der Waals surface area contributed by atoms with Crippen LogP contribution in [0.4, 0.5) is 0 Å². The number of nitrogens with zero attached hydrogens (tertiary/aromatic N) is 1. The van der Waals surface area contributed by atoms with Crippen molar-refractivity contribution >= 4 is 5.97 Å². The van der Waals surface area contributed by atoms with Gasteiger partial charge in [-0.05, 0) is 43.4 Å². The van der Waals surface area contributed by atoms with E-state index in [1.54, 1.807) is 19.2 Å². The summed E-state index contributed by atoms with van der Waals surface area (Å²) in [5, 5.41) is 10.4. The van der Waals surface area contributed by atoms with E-state index in [1.165, 1.54) is 6.07 Å². The molecule has 1 unspecified atom stereocenters. The van der Waals surface area contributed by atoms with Gasteiger partial charge in [-0.3, -0.25) is 4.79 Å². The van der Waals surface area contributed by atoms with Crippen LogP contribution in [0.25, 0.3) is 11.3 Å². The van der Waals surface area contributed by atoms with E-state index in [0.717, 1.165) is 24.0 Å². The van der Waals surface area contributed by atoms with Crippen LogP contribution in [-0.4, -0.2) is 28.9 Å². The lowest BCUT2D eigenvalue weighted by Gasteiger charge is -2.30. The molecule has 1 aliphatic rings. The lowest BCUT2D eigenvalue weighted by atomic mass is 9.90. The average Bonchev–Trinajstić information content (AvgIpc) is 2.65. The zero-order valence-electron chi connectivity index (χ0n) is 16.8. The van der Waals surface area contributed by atoms with E-state index in [0.29, 0.717) is 24.0 Å². The maximum absolute atomic E-state index is 12.5. The van der Waals surface area contributed by atoms with Gasteiger partial charge in [-0.15, -0.1) is 0 Å². The van der Waals surface area contributed by atoms with Crippen molar-refractivity contribution in [3.05, 3.63) is 45.7 Å². The fraction of sp³-hybridized carbons (Fsp3) is 0.455. The highest BCUT2D eigenvalue weighted by atomic mass is 16.5. The van der Waals surface area contributed by atoms with Crippen LogP contribution in [0.5, 0.6) is 11.5 Å². The molecule has 28 heavy (non-hydrogen) atoms. The summed E-state index contributed by atoms with van der Waals surface area (Å²) in [6, 6.07) is 5.06. The quantitative estimate of drug-likeness (QED) is 0.762. The van der Waals surface area contributed by atoms with Crippen molar-refractivity contribution in [2.75, 3.05) is 13.2 Å². The number of rotatable bonds is 6. The number of carbonyl (C=O) groups excluding carboxylic acids is 1. The Labute approximate surface area is 164 Å². The summed E-state index contributed by atoms with van der Waals surface area (Å²) < 4.78 is 12.7. The second-order valence-corrected chi connectivity index (χ2v) is 7.51. The van der Waals surface area contributed by atoms with Crippen molar-refractivity contribution in [3.8, 4) is 22.8 Å². The molecule has 6 heteroatoms. The number of aromatic nitrogens is 1. The third-order valence-electron chi connectivity index (χ3n) is 4.93. The average molecular weight is 385 g/mol. The van der Waals surface area contributed by atoms with Gasteiger partial charge in [0, 0.05) is 23.9 Å². The molecule has 0 spiro atoms. The summed E-state index contributed by atoms with van der Waals surface area (Å²) in [5.74, 6) is 0.243. The van der Waals surface area contributed by atoms with Gasteiger partial charge >= 0.3 is 5.97 Å². The van der Waals surface area contributed by atoms with Crippen LogP contribution in [-0.2, 0) is 11.2 Å². The maximum Gasteiger partial charge on any atom is 0.343 e. The highest BCUT2D eigenvalue weighted by Gasteiger charge is 2.27. The van der Waals surface area contributed by atoms with Crippen LogP contribution in [0.15, 0.2) is 29.2 Å². The molecule has 0 amide bonds. The number of phenols is 1. The first-order chi connectivity index (χ1) is 13.3. The predicted molar refractivity (Wildman–Crippen MR) is 107 cm³/mol. The summed E-state index contributed by atoms with van der Waals surface area (Å²) >= 11 is 0. The Morgan fingerprint density at radius 2 is 2.04 bits per heavy atom. The topological polar surface area (TPSA) is 77.8 Å². The predicted octanol–water partition coefficient (Wildman–Crippen LogP) is 3.94. The summed E-state index contributed by atoms with van der Waals surface area (Å²) in [4.78, 5) is 24.7. The van der Waals surface area contributed by atoms with Crippen LogP contribution >= 0.6 is 0 Å². The van der Waals surface area contributed by atoms with Crippen LogP contribution in [0.2, 0.25) is 0 Å². The van der Waals surface area contributed by atoms with Crippen molar-refractivity contribution in [1.82, 2.24) is 4.57 Å². The standard InChI is InChI=1S/C22H27NO5/c1-5-15-7-14-8-21(28-12-13(3)4)20(25)9-16(14)18-10-19(24)17(11-23(15)18)22(26)27-6-2/h8-11,13,15,25H,5-7,12H2,1-4H3. The molecule has 150 valence electrons. The molecule has 0 radical (unpaired) electrons. The Hall–Kier alpha value is -2.76. The van der Waals surface area contributed by atoms with Gasteiger partial charge in [0.15, 0.2) is 16.9 Å². The number of fused-ring (bicyclic) bond motifs is 3. The molecule has 3 rings (SSSR count). The second kappa shape index (κ2) is 8.09. The molecule has 1 aromatic heterocycles. The first-order valence-corrected chi connectivity index (χ1v) is 9.78. The third-order valence-corrected chi connectivity index (χ3v) is 4.93. The van der Waals surface area contributed by atoms with Gasteiger partial charge in [0.25, 0.3) is 0 Å². The van der Waals surface area contributed by atoms with Crippen molar-refractivity contribution < 1.29 is 19.4 Å². The number of esters is 1. The Morgan fingerprint density at radius 1 is 1.29 bits per heavy atom. The molecule has 2 aromatic rings. The lowest BCUT2D eigenvalue weighted by molar-refractivity contribution is 0.0523. The monoisotopic (exact) mass is 385 g/mol. The van der Waals surface area contributed by atoms with Crippen molar-refractivity contribution in [1.29, 1.82) is 0 Å². The number of ether oxygens (including phenoxy) is 2. The van der Waals surface area contributed by atoms with E-state index in [4.69, 9.17) is 9.47 Å². The van der Waals surface area contributed by atoms with Gasteiger partial charge in [-0.2, -0.15) is 0 Å². The summed E-state index contributed by atoms with van der Waals surface area (Å²) in [6.07, 6.45) is 3.15. The van der Waals surface area contributed by atoms with E-state index >= 15 is 0 Å². The number of benzene rings is 1. The molecule has 1 aliphatic heterocycles. The van der Waals surface area contributed by atoms with E-state index < -0.39 is 5.97 Å². The minimum atomic E-state index is -0.608. The molecule has 2 heterocycles. The van der Waals surface area contributed by atoms with E-state index in [2.05, 4.69) is 6.92 Å². The molecule has 0 saturated carbocycles. The van der Waals surface area contributed by atoms with E-state index in [1.807, 2.05) is 24.5 Å². The molecule has 0 fully saturated rings. The largest absolute Gasteiger partial charge is 0.504 e. The van der Waals surface area contributed by atoms with Gasteiger partial charge in [-0.1, -0.05) is 20.8 Å². The molecule has 6 nitrogen and oxygen atoms in total. The summed E-state index contributed by atoms with van der Waals surface area (Å²) in [7, 11) is 0. The molecular formula is C22H27NO5. The van der Waals surface area contributed by atoms with Gasteiger partial charge in [0.1, 0.15) is 5.56 Å². The smallest absolute Gasteiger partial charge is 0.343 e. The first-order valence-electron chi connectivity index (χ1n) is 9.78. The minimum absolute atomic E-state index is 0.0357. The Morgan fingerprint density at radius 3 is 2.68 bits per heavy atom. The second-order valence-electron chi connectivity index (χ2n) is 7.51. The zero-order chi connectivity index (χ0) is 20.4. The van der Waals surface area contributed by atoms with E-state index in [-0.39, 0.29) is 29.4 Å². The van der Waals surface area contributed by atoms with Crippen LogP contribution in [0.1, 0.15) is 56.1 Å². The van der Waals surface area contributed by atoms with Gasteiger partial charge in [0.2, 0.25) is 0 Å². The number of carbonyl (C=O) groups is 1. The summed E-state index contributed by atoms with van der Waals surface area (Å²) in [5.41, 5.74) is 2.15. The van der Waals surface area contributed by atoms with Gasteiger partial charge in [-0.25, -0.2) is 4.79 Å². The SMILES string of the molecule is CCOC(=O)c1cn2c(cc1=O)-c1cc(O)c(OCC(C)C)cc1CC2CC. The highest BCUT2D eigenvalue weighted by Crippen LogP contribution is 2.41. The fourth-order valence-corrected chi connectivity index (χ4v) is 3.51. The lowest BCUT2D eigenvalue weighted by Crippen LogP contribution is -2.26. The Balaban J connectivity index is 2.10. The molecular weight excluding hydrogens is 358 g/mol. The van der Waals surface area contributed by atoms with Crippen molar-refractivity contribution in [3.63, 3.8) is 0 Å². The van der Waals surface area contributed by atoms with E-state index in [9.17, 15) is 14.7 Å². The fourth-order valence-electron chi connectivity index (χ4n) is 3.51. The molecule has 0 saturated heterocycles. The molecule has 0 bridgehead atoms. The Kier molecular flexibility index (Phi) is 5.77. The molecule has 1 N–H and O–H groups in total. The number of phenolic OH excluding ortho intramolecular Hbond substituents is 1. The van der Waals surface area contributed by atoms with Crippen LogP contribution in [0.3, 0.4) is 0 Å². The van der Waals surface area contributed by atoms with Crippen LogP contribution in [0, 0.1) is 5.92 Å². The van der Waals surface area contributed by atoms with Gasteiger partial charge in [0.05, 0.1) is 18.9 Å². The van der Waals surface area contributed by atoms with Crippen molar-refractivity contribution in [2.24, 2.45) is 5.92 Å². The molecule has 1 aromatic carbocycles. The third kappa shape index (κ3) is 3.77. The number of hydrogen-bond acceptors (Lipinski definition) is 5. The van der Waals surface area contributed by atoms with Gasteiger partial charge < -0.3 is 19.1 Å². The van der Waals surface area contributed by atoms with Crippen molar-refractivity contribution in [2.45, 2.75) is 46.6 Å². The normalized spacial score (nSPS) is 15.1. The number of hydrogen-bond donors (Lipinski definition) is 1. The molecule has 1 atom stereocenters. The summed E-state index contributed by atoms with van der Waals surface area (Å²) in [6.45, 7) is 8.60.